The molecule has 1 amide bonds. The molecule has 4 nitrogen and oxygen atoms in total. The molecule has 0 radical (unpaired) electrons. The number of anilines is 2. The molecule has 1 unspecified atom stereocenters. The predicted octanol–water partition coefficient (Wildman–Crippen LogP) is 2.50. The minimum atomic E-state index is 0.0714. The zero-order valence-electron chi connectivity index (χ0n) is 10.4. The van der Waals surface area contributed by atoms with Crippen LogP contribution >= 0.6 is 11.8 Å². The van der Waals surface area contributed by atoms with E-state index in [2.05, 4.69) is 5.32 Å². The third kappa shape index (κ3) is 3.10. The molecule has 2 rings (SSSR count). The van der Waals surface area contributed by atoms with Crippen LogP contribution in [0.3, 0.4) is 0 Å². The maximum absolute atomic E-state index is 12.0. The zero-order chi connectivity index (χ0) is 13.0. The van der Waals surface area contributed by atoms with Crippen LogP contribution in [0.15, 0.2) is 18.2 Å². The summed E-state index contributed by atoms with van der Waals surface area (Å²) >= 11 is 1.73. The Labute approximate surface area is 111 Å². The van der Waals surface area contributed by atoms with Gasteiger partial charge in [0, 0.05) is 5.69 Å². The molecule has 3 N–H and O–H groups in total. The fourth-order valence-electron chi connectivity index (χ4n) is 1.98. The van der Waals surface area contributed by atoms with Crippen LogP contribution in [-0.2, 0) is 4.79 Å². The van der Waals surface area contributed by atoms with E-state index >= 15 is 0 Å². The van der Waals surface area contributed by atoms with Gasteiger partial charge in [-0.1, -0.05) is 6.42 Å². The summed E-state index contributed by atoms with van der Waals surface area (Å²) in [5, 5.41) is 2.98. The third-order valence-corrected chi connectivity index (χ3v) is 4.35. The van der Waals surface area contributed by atoms with Crippen LogP contribution in [0.2, 0.25) is 0 Å². The van der Waals surface area contributed by atoms with E-state index in [1.807, 2.05) is 0 Å². The molecule has 1 aromatic carbocycles. The SMILES string of the molecule is COc1ccc(NC(=O)C2CCCCS2)cc1N. The molecule has 0 spiro atoms. The van der Waals surface area contributed by atoms with Gasteiger partial charge < -0.3 is 15.8 Å². The first kappa shape index (κ1) is 13.1. The number of methoxy groups -OCH3 is 1. The average molecular weight is 266 g/mol. The highest BCUT2D eigenvalue weighted by Crippen LogP contribution is 2.28. The number of hydrogen-bond acceptors (Lipinski definition) is 4. The number of nitrogen functional groups attached to an aromatic ring is 1. The van der Waals surface area contributed by atoms with Gasteiger partial charge in [0.1, 0.15) is 5.75 Å². The van der Waals surface area contributed by atoms with Gasteiger partial charge in [-0.2, -0.15) is 0 Å². The Balaban J connectivity index is 2.00. The van der Waals surface area contributed by atoms with Crippen molar-refractivity contribution >= 4 is 29.0 Å². The Morgan fingerprint density at radius 2 is 2.33 bits per heavy atom. The minimum Gasteiger partial charge on any atom is -0.495 e. The molecule has 1 aromatic rings. The summed E-state index contributed by atoms with van der Waals surface area (Å²) in [4.78, 5) is 12.0. The van der Waals surface area contributed by atoms with E-state index in [1.165, 1.54) is 6.42 Å². The monoisotopic (exact) mass is 266 g/mol. The molecule has 1 heterocycles. The minimum absolute atomic E-state index is 0.0714. The standard InChI is InChI=1S/C13H18N2O2S/c1-17-11-6-5-9(8-10(11)14)15-13(16)12-4-2-3-7-18-12/h5-6,8,12H,2-4,7,14H2,1H3,(H,15,16). The normalized spacial score (nSPS) is 19.3. The van der Waals surface area contributed by atoms with Crippen molar-refractivity contribution in [3.63, 3.8) is 0 Å². The fourth-order valence-corrected chi connectivity index (χ4v) is 3.18. The molecule has 18 heavy (non-hydrogen) atoms. The molecule has 0 saturated carbocycles. The van der Waals surface area contributed by atoms with Gasteiger partial charge in [-0.25, -0.2) is 0 Å². The molecule has 1 saturated heterocycles. The Bertz CT molecular complexity index is 431. The summed E-state index contributed by atoms with van der Waals surface area (Å²) in [7, 11) is 1.57. The molecule has 1 aliphatic heterocycles. The second-order valence-electron chi connectivity index (χ2n) is 4.30. The van der Waals surface area contributed by atoms with Gasteiger partial charge in [0.2, 0.25) is 5.91 Å². The predicted molar refractivity (Wildman–Crippen MR) is 76.1 cm³/mol. The third-order valence-electron chi connectivity index (χ3n) is 2.97. The molecular formula is C13H18N2O2S. The van der Waals surface area contributed by atoms with Gasteiger partial charge in [-0.05, 0) is 36.8 Å². The van der Waals surface area contributed by atoms with Crippen molar-refractivity contribution in [1.82, 2.24) is 0 Å². The maximum atomic E-state index is 12.0. The lowest BCUT2D eigenvalue weighted by Gasteiger charge is -2.20. The number of rotatable bonds is 3. The quantitative estimate of drug-likeness (QED) is 0.825. The van der Waals surface area contributed by atoms with E-state index in [0.29, 0.717) is 11.4 Å². The Morgan fingerprint density at radius 3 is 2.94 bits per heavy atom. The second-order valence-corrected chi connectivity index (χ2v) is 5.61. The lowest BCUT2D eigenvalue weighted by molar-refractivity contribution is -0.115. The van der Waals surface area contributed by atoms with Crippen LogP contribution in [0.1, 0.15) is 19.3 Å². The first-order valence-electron chi connectivity index (χ1n) is 6.06. The van der Waals surface area contributed by atoms with Gasteiger partial charge in [0.15, 0.2) is 0 Å². The van der Waals surface area contributed by atoms with E-state index in [-0.39, 0.29) is 11.2 Å². The van der Waals surface area contributed by atoms with Crippen molar-refractivity contribution in [3.05, 3.63) is 18.2 Å². The lowest BCUT2D eigenvalue weighted by atomic mass is 10.1. The molecule has 0 aromatic heterocycles. The van der Waals surface area contributed by atoms with E-state index < -0.39 is 0 Å². The summed E-state index contributed by atoms with van der Waals surface area (Å²) in [5.74, 6) is 1.77. The largest absolute Gasteiger partial charge is 0.495 e. The van der Waals surface area contributed by atoms with Crippen LogP contribution in [0, 0.1) is 0 Å². The molecule has 0 bridgehead atoms. The number of carbonyl (C=O) groups is 1. The van der Waals surface area contributed by atoms with E-state index in [9.17, 15) is 4.79 Å². The first-order chi connectivity index (χ1) is 8.70. The number of amides is 1. The van der Waals surface area contributed by atoms with Crippen LogP contribution in [-0.4, -0.2) is 24.0 Å². The van der Waals surface area contributed by atoms with Crippen molar-refractivity contribution in [2.75, 3.05) is 23.9 Å². The molecular weight excluding hydrogens is 248 g/mol. The number of nitrogens with one attached hydrogen (secondary N) is 1. The summed E-state index contributed by atoms with van der Waals surface area (Å²) in [6, 6.07) is 5.30. The average Bonchev–Trinajstić information content (AvgIpc) is 2.40. The van der Waals surface area contributed by atoms with Crippen molar-refractivity contribution < 1.29 is 9.53 Å². The summed E-state index contributed by atoms with van der Waals surface area (Å²) in [6.07, 6.45) is 3.31. The van der Waals surface area contributed by atoms with E-state index in [0.717, 1.165) is 24.3 Å². The number of carbonyl (C=O) groups excluding carboxylic acids is 1. The van der Waals surface area contributed by atoms with Gasteiger partial charge in [0.05, 0.1) is 18.0 Å². The molecule has 0 aliphatic carbocycles. The summed E-state index contributed by atoms with van der Waals surface area (Å²) in [6.45, 7) is 0. The fraction of sp³-hybridized carbons (Fsp3) is 0.462. The van der Waals surface area contributed by atoms with Crippen LogP contribution in [0.4, 0.5) is 11.4 Å². The molecule has 1 aliphatic rings. The number of benzene rings is 1. The van der Waals surface area contributed by atoms with Crippen LogP contribution in [0.25, 0.3) is 0 Å². The topological polar surface area (TPSA) is 64.3 Å². The highest BCUT2D eigenvalue weighted by atomic mass is 32.2. The van der Waals surface area contributed by atoms with Crippen molar-refractivity contribution in [2.45, 2.75) is 24.5 Å². The van der Waals surface area contributed by atoms with Crippen molar-refractivity contribution in [3.8, 4) is 5.75 Å². The number of thioether (sulfide) groups is 1. The molecule has 1 fully saturated rings. The Morgan fingerprint density at radius 1 is 1.50 bits per heavy atom. The van der Waals surface area contributed by atoms with Gasteiger partial charge in [-0.3, -0.25) is 4.79 Å². The van der Waals surface area contributed by atoms with Crippen LogP contribution in [0.5, 0.6) is 5.75 Å². The Hall–Kier alpha value is -1.36. The van der Waals surface area contributed by atoms with Gasteiger partial charge in [0.25, 0.3) is 0 Å². The summed E-state index contributed by atoms with van der Waals surface area (Å²) < 4.78 is 5.08. The van der Waals surface area contributed by atoms with Crippen molar-refractivity contribution in [2.24, 2.45) is 0 Å². The number of nitrogens with two attached hydrogens (primary N) is 1. The number of hydrogen-bond donors (Lipinski definition) is 2. The molecule has 5 heteroatoms. The molecule has 1 atom stereocenters. The smallest absolute Gasteiger partial charge is 0.237 e. The maximum Gasteiger partial charge on any atom is 0.237 e. The number of ether oxygens (including phenoxy) is 1. The van der Waals surface area contributed by atoms with E-state index in [4.69, 9.17) is 10.5 Å². The highest BCUT2D eigenvalue weighted by molar-refractivity contribution is 8.00. The first-order valence-corrected chi connectivity index (χ1v) is 7.11. The van der Waals surface area contributed by atoms with E-state index in [1.54, 1.807) is 37.1 Å². The van der Waals surface area contributed by atoms with Crippen LogP contribution < -0.4 is 15.8 Å². The van der Waals surface area contributed by atoms with Gasteiger partial charge >= 0.3 is 0 Å². The molecule has 98 valence electrons. The second kappa shape index (κ2) is 6.00. The summed E-state index contributed by atoms with van der Waals surface area (Å²) in [5.41, 5.74) is 7.06. The Kier molecular flexibility index (Phi) is 4.36. The van der Waals surface area contributed by atoms with Gasteiger partial charge in [-0.15, -0.1) is 11.8 Å². The van der Waals surface area contributed by atoms with Crippen molar-refractivity contribution in [1.29, 1.82) is 0 Å². The zero-order valence-corrected chi connectivity index (χ0v) is 11.3. The lowest BCUT2D eigenvalue weighted by Crippen LogP contribution is -2.27. The highest BCUT2D eigenvalue weighted by Gasteiger charge is 2.21.